The lowest BCUT2D eigenvalue weighted by molar-refractivity contribution is -0.299. The monoisotopic (exact) mass is 381 g/mol. The van der Waals surface area contributed by atoms with Gasteiger partial charge in [0, 0.05) is 4.47 Å². The normalized spacial score (nSPS) is 12.6. The molecule has 0 aromatic heterocycles. The molecule has 0 heterocycles. The van der Waals surface area contributed by atoms with Crippen molar-refractivity contribution in [1.82, 2.24) is 0 Å². The molecule has 10 heteroatoms. The highest BCUT2D eigenvalue weighted by atomic mass is 79.9. The van der Waals surface area contributed by atoms with Gasteiger partial charge in [0.05, 0.1) is 5.56 Å². The summed E-state index contributed by atoms with van der Waals surface area (Å²) in [5.41, 5.74) is 5.02. The Balaban J connectivity index is 3.22. The maximum absolute atomic E-state index is 12.4. The second kappa shape index (κ2) is 5.76. The first-order valence-corrected chi connectivity index (χ1v) is 6.02. The first-order valence-electron chi connectivity index (χ1n) is 4.82. The van der Waals surface area contributed by atoms with Gasteiger partial charge in [0.2, 0.25) is 0 Å². The average Bonchev–Trinajstić information content (AvgIpc) is 2.23. The predicted molar refractivity (Wildman–Crippen MR) is 66.6 cm³/mol. The highest BCUT2D eigenvalue weighted by Gasteiger charge is 2.59. The summed E-state index contributed by atoms with van der Waals surface area (Å²) in [6, 6.07) is 3.30. The summed E-state index contributed by atoms with van der Waals surface area (Å²) in [6.07, 6.45) is -15.2. The third-order valence-corrected chi connectivity index (χ3v) is 2.76. The van der Waals surface area contributed by atoms with E-state index in [0.717, 1.165) is 6.07 Å². The van der Waals surface area contributed by atoms with Crippen LogP contribution in [0.1, 0.15) is 5.56 Å². The van der Waals surface area contributed by atoms with Gasteiger partial charge in [-0.05, 0) is 18.2 Å². The SMILES string of the molecule is NC(=S)c1cc(Br)ccc1OC(C(F)(F)F)C(F)(F)F. The van der Waals surface area contributed by atoms with Crippen LogP contribution >= 0.6 is 28.1 Å². The number of hydrogen-bond acceptors (Lipinski definition) is 2. The third kappa shape index (κ3) is 4.23. The van der Waals surface area contributed by atoms with Crippen molar-refractivity contribution in [2.45, 2.75) is 18.5 Å². The molecule has 0 radical (unpaired) electrons. The van der Waals surface area contributed by atoms with Crippen molar-refractivity contribution in [2.24, 2.45) is 5.73 Å². The molecule has 0 saturated carbocycles. The molecular weight excluding hydrogens is 376 g/mol. The van der Waals surface area contributed by atoms with Crippen molar-refractivity contribution < 1.29 is 31.1 Å². The Hall–Kier alpha value is -1.03. The molecule has 1 rings (SSSR count). The van der Waals surface area contributed by atoms with Gasteiger partial charge in [-0.15, -0.1) is 0 Å². The number of hydrogen-bond donors (Lipinski definition) is 1. The van der Waals surface area contributed by atoms with Crippen LogP contribution in [0.5, 0.6) is 5.75 Å². The maximum Gasteiger partial charge on any atom is 0.434 e. The van der Waals surface area contributed by atoms with Crippen molar-refractivity contribution in [3.63, 3.8) is 0 Å². The van der Waals surface area contributed by atoms with Gasteiger partial charge in [0.1, 0.15) is 10.7 Å². The lowest BCUT2D eigenvalue weighted by atomic mass is 10.2. The minimum atomic E-state index is -5.61. The van der Waals surface area contributed by atoms with Crippen LogP contribution in [0.15, 0.2) is 22.7 Å². The zero-order chi connectivity index (χ0) is 15.7. The summed E-state index contributed by atoms with van der Waals surface area (Å²) < 4.78 is 78.8. The number of alkyl halides is 6. The minimum Gasteiger partial charge on any atom is -0.471 e. The molecule has 0 saturated heterocycles. The molecule has 0 fully saturated rings. The van der Waals surface area contributed by atoms with Crippen molar-refractivity contribution in [3.8, 4) is 5.75 Å². The van der Waals surface area contributed by atoms with Crippen molar-refractivity contribution in [1.29, 1.82) is 0 Å². The summed E-state index contributed by atoms with van der Waals surface area (Å²) in [5, 5.41) is 0. The van der Waals surface area contributed by atoms with Crippen molar-refractivity contribution >= 4 is 33.1 Å². The molecule has 0 atom stereocenters. The fourth-order valence-corrected chi connectivity index (χ4v) is 1.76. The number of rotatable bonds is 3. The van der Waals surface area contributed by atoms with Crippen molar-refractivity contribution in [2.75, 3.05) is 0 Å². The summed E-state index contributed by atoms with van der Waals surface area (Å²) in [5.74, 6) is -0.694. The van der Waals surface area contributed by atoms with E-state index >= 15 is 0 Å². The van der Waals surface area contributed by atoms with Gasteiger partial charge in [0.25, 0.3) is 6.10 Å². The van der Waals surface area contributed by atoms with Gasteiger partial charge in [-0.1, -0.05) is 28.1 Å². The Labute approximate surface area is 123 Å². The topological polar surface area (TPSA) is 35.2 Å². The van der Waals surface area contributed by atoms with Gasteiger partial charge < -0.3 is 10.5 Å². The van der Waals surface area contributed by atoms with E-state index in [9.17, 15) is 26.3 Å². The zero-order valence-corrected chi connectivity index (χ0v) is 11.8. The summed E-state index contributed by atoms with van der Waals surface area (Å²) >= 11 is 7.56. The lowest BCUT2D eigenvalue weighted by Gasteiger charge is -2.24. The second-order valence-electron chi connectivity index (χ2n) is 3.59. The molecule has 1 aromatic rings. The summed E-state index contributed by atoms with van der Waals surface area (Å²) in [4.78, 5) is -0.385. The van der Waals surface area contributed by atoms with E-state index in [1.54, 1.807) is 0 Å². The molecular formula is C10H6BrF6NOS. The molecule has 0 amide bonds. The Morgan fingerprint density at radius 2 is 1.65 bits per heavy atom. The number of nitrogens with two attached hydrogens (primary N) is 1. The first-order chi connectivity index (χ1) is 8.93. The molecule has 0 spiro atoms. The van der Waals surface area contributed by atoms with E-state index < -0.39 is 24.2 Å². The van der Waals surface area contributed by atoms with Gasteiger partial charge in [-0.25, -0.2) is 0 Å². The van der Waals surface area contributed by atoms with Crippen LogP contribution in [0, 0.1) is 0 Å². The van der Waals surface area contributed by atoms with E-state index in [4.69, 9.17) is 5.73 Å². The van der Waals surface area contributed by atoms with E-state index in [0.29, 0.717) is 4.47 Å². The number of thiocarbonyl (C=S) groups is 1. The number of ether oxygens (including phenoxy) is 1. The Kier molecular flexibility index (Phi) is 4.90. The quantitative estimate of drug-likeness (QED) is 0.635. The van der Waals surface area contributed by atoms with Gasteiger partial charge in [-0.3, -0.25) is 0 Å². The van der Waals surface area contributed by atoms with E-state index in [-0.39, 0.29) is 10.6 Å². The van der Waals surface area contributed by atoms with Crippen molar-refractivity contribution in [3.05, 3.63) is 28.2 Å². The zero-order valence-electron chi connectivity index (χ0n) is 9.35. The standard InChI is InChI=1S/C10H6BrF6NOS/c11-4-1-2-6(5(3-4)7(18)20)19-8(9(12,13)14)10(15,16)17/h1-3,8H,(H2,18,20). The fourth-order valence-electron chi connectivity index (χ4n) is 1.24. The van der Waals surface area contributed by atoms with Gasteiger partial charge in [-0.2, -0.15) is 26.3 Å². The minimum absolute atomic E-state index is 0.229. The van der Waals surface area contributed by atoms with Crippen LogP contribution in [0.2, 0.25) is 0 Å². The molecule has 0 aliphatic carbocycles. The Bertz CT molecular complexity index is 501. The van der Waals surface area contributed by atoms with Crippen LogP contribution in [0.4, 0.5) is 26.3 Å². The van der Waals surface area contributed by atoms with Crippen LogP contribution in [0.25, 0.3) is 0 Å². The summed E-state index contributed by atoms with van der Waals surface area (Å²) in [6.45, 7) is 0. The number of halogens is 7. The molecule has 112 valence electrons. The molecule has 1 aromatic carbocycles. The predicted octanol–water partition coefficient (Wildman–Crippen LogP) is 3.96. The first kappa shape index (κ1) is 17.0. The van der Waals surface area contributed by atoms with E-state index in [2.05, 4.69) is 32.9 Å². The molecule has 0 bridgehead atoms. The van der Waals surface area contributed by atoms with Crippen LogP contribution in [-0.2, 0) is 0 Å². The fraction of sp³-hybridized carbons (Fsp3) is 0.300. The molecule has 2 N–H and O–H groups in total. The Morgan fingerprint density at radius 1 is 1.15 bits per heavy atom. The second-order valence-corrected chi connectivity index (χ2v) is 4.94. The summed E-state index contributed by atoms with van der Waals surface area (Å²) in [7, 11) is 0. The maximum atomic E-state index is 12.4. The molecule has 0 aliphatic rings. The molecule has 0 aliphatic heterocycles. The van der Waals surface area contributed by atoms with E-state index in [1.165, 1.54) is 12.1 Å². The van der Waals surface area contributed by atoms with Gasteiger partial charge >= 0.3 is 12.4 Å². The highest BCUT2D eigenvalue weighted by molar-refractivity contribution is 9.10. The highest BCUT2D eigenvalue weighted by Crippen LogP contribution is 2.37. The number of benzene rings is 1. The smallest absolute Gasteiger partial charge is 0.434 e. The molecule has 0 unspecified atom stereocenters. The third-order valence-electron chi connectivity index (χ3n) is 2.05. The average molecular weight is 382 g/mol. The van der Waals surface area contributed by atoms with Crippen LogP contribution in [-0.4, -0.2) is 23.4 Å². The Morgan fingerprint density at radius 3 is 2.05 bits per heavy atom. The lowest BCUT2D eigenvalue weighted by Crippen LogP contribution is -2.46. The molecule has 20 heavy (non-hydrogen) atoms. The van der Waals surface area contributed by atoms with E-state index in [1.807, 2.05) is 0 Å². The van der Waals surface area contributed by atoms with Crippen LogP contribution < -0.4 is 10.5 Å². The molecule has 2 nitrogen and oxygen atoms in total. The largest absolute Gasteiger partial charge is 0.471 e. The van der Waals surface area contributed by atoms with Gasteiger partial charge in [0.15, 0.2) is 0 Å². The van der Waals surface area contributed by atoms with Crippen LogP contribution in [0.3, 0.4) is 0 Å².